The fraction of sp³-hybridized carbons (Fsp3) is 0.333. The van der Waals surface area contributed by atoms with Crippen LogP contribution in [0.2, 0.25) is 11.4 Å². The summed E-state index contributed by atoms with van der Waals surface area (Å²) >= 11 is 0. The third-order valence-corrected chi connectivity index (χ3v) is 9.49. The Morgan fingerprint density at radius 3 is 1.88 bits per heavy atom. The summed E-state index contributed by atoms with van der Waals surface area (Å²) < 4.78 is 0. The van der Waals surface area contributed by atoms with Gasteiger partial charge in [-0.1, -0.05) is 92.5 Å². The van der Waals surface area contributed by atoms with Crippen LogP contribution in [-0.4, -0.2) is 21.0 Å². The van der Waals surface area contributed by atoms with Gasteiger partial charge in [-0.05, 0) is 35.2 Å². The molecule has 0 atom stereocenters. The van der Waals surface area contributed by atoms with Gasteiger partial charge in [-0.2, -0.15) is 0 Å². The Balaban J connectivity index is 2.43. The van der Waals surface area contributed by atoms with Crippen molar-refractivity contribution in [2.24, 2.45) is 0 Å². The van der Waals surface area contributed by atoms with E-state index in [0.29, 0.717) is 6.32 Å². The van der Waals surface area contributed by atoms with E-state index >= 15 is 0 Å². The quantitative estimate of drug-likeness (QED) is 0.603. The minimum atomic E-state index is -2.87. The first kappa shape index (κ1) is 18.8. The van der Waals surface area contributed by atoms with Gasteiger partial charge in [-0.25, -0.2) is 0 Å². The topological polar surface area (TPSA) is 20.2 Å². The Bertz CT molecular complexity index is 625. The van der Waals surface area contributed by atoms with Crippen LogP contribution in [0.5, 0.6) is 0 Å². The molecule has 0 saturated carbocycles. The number of allylic oxidation sites excluding steroid dienone is 2. The summed E-state index contributed by atoms with van der Waals surface area (Å²) in [4.78, 5) is 12.0. The molecule has 0 aliphatic carbocycles. The lowest BCUT2D eigenvalue weighted by Gasteiger charge is -2.41. The minimum absolute atomic E-state index is 0.193. The number of benzene rings is 2. The molecule has 0 aliphatic heterocycles. The van der Waals surface area contributed by atoms with Crippen molar-refractivity contribution < 1.29 is 4.80 Å². The van der Waals surface area contributed by atoms with Gasteiger partial charge in [0.1, 0.15) is 0 Å². The van der Waals surface area contributed by atoms with E-state index in [1.807, 2.05) is 36.4 Å². The summed E-state index contributed by atoms with van der Waals surface area (Å²) in [7, 11) is 2.81. The van der Waals surface area contributed by atoms with Crippen LogP contribution >= 0.6 is 0 Å². The van der Waals surface area contributed by atoms with Gasteiger partial charge in [0.25, 0.3) is 8.32 Å². The molecular formula is C21H27BOSi. The Labute approximate surface area is 149 Å². The number of hydrogen-bond acceptors (Lipinski definition) is 1. The fourth-order valence-electron chi connectivity index (χ4n) is 3.25. The van der Waals surface area contributed by atoms with Crippen LogP contribution in [-0.2, 0) is 0 Å². The molecule has 0 aliphatic rings. The molecule has 0 fully saturated rings. The largest absolute Gasteiger partial charge is 0.424 e. The lowest BCUT2D eigenvalue weighted by molar-refractivity contribution is 0.468. The highest BCUT2D eigenvalue weighted by atomic mass is 28.4. The first-order chi connectivity index (χ1) is 11.4. The van der Waals surface area contributed by atoms with Gasteiger partial charge in [0, 0.05) is 0 Å². The summed E-state index contributed by atoms with van der Waals surface area (Å²) in [6.45, 7) is 6.46. The normalized spacial score (nSPS) is 13.1. The van der Waals surface area contributed by atoms with E-state index in [2.05, 4.69) is 51.1 Å². The van der Waals surface area contributed by atoms with E-state index in [1.165, 1.54) is 5.57 Å². The maximum atomic E-state index is 12.0. The van der Waals surface area contributed by atoms with Gasteiger partial charge >= 0.3 is 0 Å². The summed E-state index contributed by atoms with van der Waals surface area (Å²) in [5, 5.41) is 1.95. The summed E-state index contributed by atoms with van der Waals surface area (Å²) in [5.74, 6) is 0. The first-order valence-electron chi connectivity index (χ1n) is 8.61. The Morgan fingerprint density at radius 2 is 1.46 bits per heavy atom. The lowest BCUT2D eigenvalue weighted by Crippen LogP contribution is -2.65. The zero-order valence-corrected chi connectivity index (χ0v) is 16.0. The van der Waals surface area contributed by atoms with Crippen LogP contribution in [0.25, 0.3) is 0 Å². The Morgan fingerprint density at radius 1 is 1.00 bits per heavy atom. The highest BCUT2D eigenvalue weighted by molar-refractivity contribution is 6.98. The monoisotopic (exact) mass is 334 g/mol. The van der Waals surface area contributed by atoms with Crippen molar-refractivity contribution in [3.8, 4) is 0 Å². The maximum absolute atomic E-state index is 12.0. The molecule has 3 heteroatoms. The molecular weight excluding hydrogens is 307 g/mol. The summed E-state index contributed by atoms with van der Waals surface area (Å²) in [6, 6.07) is 20.4. The van der Waals surface area contributed by atoms with Crippen LogP contribution in [0.4, 0.5) is 0 Å². The van der Waals surface area contributed by atoms with Gasteiger partial charge < -0.3 is 4.80 Å². The third kappa shape index (κ3) is 3.90. The molecule has 1 nitrogen and oxygen atoms in total. The van der Waals surface area contributed by atoms with E-state index in [4.69, 9.17) is 7.85 Å². The average Bonchev–Trinajstić information content (AvgIpc) is 2.62. The van der Waals surface area contributed by atoms with E-state index in [9.17, 15) is 4.80 Å². The third-order valence-electron chi connectivity index (χ3n) is 4.95. The van der Waals surface area contributed by atoms with Gasteiger partial charge in [0.05, 0.1) is 7.85 Å². The van der Waals surface area contributed by atoms with Crippen molar-refractivity contribution in [2.45, 2.75) is 45.0 Å². The van der Waals surface area contributed by atoms with Crippen LogP contribution in [0, 0.1) is 0 Å². The second-order valence-electron chi connectivity index (χ2n) is 7.12. The van der Waals surface area contributed by atoms with Crippen molar-refractivity contribution in [1.82, 2.24) is 0 Å². The molecule has 2 radical (unpaired) electrons. The second kappa shape index (κ2) is 8.00. The smallest absolute Gasteiger partial charge is 0.258 e. The Hall–Kier alpha value is -1.58. The Kier molecular flexibility index (Phi) is 6.25. The minimum Gasteiger partial charge on any atom is -0.424 e. The van der Waals surface area contributed by atoms with Gasteiger partial charge in [0.15, 0.2) is 0 Å². The van der Waals surface area contributed by atoms with Crippen molar-refractivity contribution in [3.63, 3.8) is 0 Å². The SMILES string of the molecule is [B]C/C(C)=C/CCC(C)(C)[Si](O)(c1ccccc1)c1ccccc1. The summed E-state index contributed by atoms with van der Waals surface area (Å²) in [5.41, 5.74) is 1.20. The zero-order valence-electron chi connectivity index (χ0n) is 15.0. The molecule has 2 aromatic rings. The molecule has 0 aromatic heterocycles. The molecule has 2 aromatic carbocycles. The maximum Gasteiger partial charge on any atom is 0.258 e. The van der Waals surface area contributed by atoms with E-state index in [-0.39, 0.29) is 5.04 Å². The van der Waals surface area contributed by atoms with Crippen molar-refractivity contribution in [2.75, 3.05) is 0 Å². The van der Waals surface area contributed by atoms with E-state index < -0.39 is 8.32 Å². The first-order valence-corrected chi connectivity index (χ1v) is 10.6. The number of hydrogen-bond donors (Lipinski definition) is 1. The van der Waals surface area contributed by atoms with Crippen LogP contribution in [0.1, 0.15) is 33.6 Å². The van der Waals surface area contributed by atoms with Crippen molar-refractivity contribution in [1.29, 1.82) is 0 Å². The molecule has 0 saturated heterocycles. The zero-order chi connectivity index (χ0) is 17.6. The van der Waals surface area contributed by atoms with E-state index in [1.54, 1.807) is 0 Å². The molecule has 0 spiro atoms. The predicted octanol–water partition coefficient (Wildman–Crippen LogP) is 3.83. The van der Waals surface area contributed by atoms with Crippen LogP contribution < -0.4 is 10.4 Å². The van der Waals surface area contributed by atoms with Crippen LogP contribution in [0.3, 0.4) is 0 Å². The van der Waals surface area contributed by atoms with E-state index in [0.717, 1.165) is 23.2 Å². The molecule has 0 heterocycles. The fourth-order valence-corrected chi connectivity index (χ4v) is 7.00. The van der Waals surface area contributed by atoms with Gasteiger partial charge in [-0.15, -0.1) is 0 Å². The second-order valence-corrected chi connectivity index (χ2v) is 11.0. The average molecular weight is 334 g/mol. The van der Waals surface area contributed by atoms with Crippen molar-refractivity contribution in [3.05, 3.63) is 72.3 Å². The summed E-state index contributed by atoms with van der Waals surface area (Å²) in [6.07, 6.45) is 4.66. The highest BCUT2D eigenvalue weighted by Gasteiger charge is 2.49. The number of rotatable bonds is 7. The van der Waals surface area contributed by atoms with Crippen molar-refractivity contribution >= 4 is 26.5 Å². The van der Waals surface area contributed by atoms with Gasteiger partial charge in [0.2, 0.25) is 0 Å². The molecule has 2 rings (SSSR count). The predicted molar refractivity (Wildman–Crippen MR) is 108 cm³/mol. The molecule has 0 bridgehead atoms. The van der Waals surface area contributed by atoms with Gasteiger partial charge in [-0.3, -0.25) is 0 Å². The lowest BCUT2D eigenvalue weighted by atomic mass is 9.96. The molecule has 0 amide bonds. The van der Waals surface area contributed by atoms with Crippen LogP contribution in [0.15, 0.2) is 72.3 Å². The molecule has 1 N–H and O–H groups in total. The standard InChI is InChI=1S/C21H27BOSi/c1-18(17-22)11-10-16-21(2,3)24(23,19-12-6-4-7-13-19)20-14-8-5-9-15-20/h4-9,11-15,23H,10,16-17H2,1-3H3/b18-11+. The molecule has 124 valence electrons. The molecule has 0 unspecified atom stereocenters. The highest BCUT2D eigenvalue weighted by Crippen LogP contribution is 2.40. The molecule has 24 heavy (non-hydrogen) atoms.